The predicted molar refractivity (Wildman–Crippen MR) is 122 cm³/mol. The van der Waals surface area contributed by atoms with Crippen LogP contribution >= 0.6 is 12.4 Å². The summed E-state index contributed by atoms with van der Waals surface area (Å²) >= 11 is 0. The fourth-order valence-electron chi connectivity index (χ4n) is 5.57. The molecular formula is C25H39ClFN. The van der Waals surface area contributed by atoms with Crippen molar-refractivity contribution in [3.8, 4) is 0 Å². The zero-order valence-corrected chi connectivity index (χ0v) is 19.3. The Balaban J connectivity index is 0.00000280. The summed E-state index contributed by atoms with van der Waals surface area (Å²) in [7, 11) is 0. The van der Waals surface area contributed by atoms with E-state index in [2.05, 4.69) is 51.7 Å². The molecule has 3 rings (SSSR count). The van der Waals surface area contributed by atoms with E-state index in [1.807, 2.05) is 6.07 Å². The number of hydrogen-bond donors (Lipinski definition) is 0. The van der Waals surface area contributed by atoms with Gasteiger partial charge in [0.05, 0.1) is 0 Å². The predicted octanol–water partition coefficient (Wildman–Crippen LogP) is 7.46. The monoisotopic (exact) mass is 407 g/mol. The highest BCUT2D eigenvalue weighted by atomic mass is 35.5. The van der Waals surface area contributed by atoms with Gasteiger partial charge in [0.1, 0.15) is 5.82 Å². The molecule has 2 aliphatic rings. The van der Waals surface area contributed by atoms with Crippen LogP contribution in [-0.2, 0) is 0 Å². The maximum Gasteiger partial charge on any atom is 0.123 e. The smallest absolute Gasteiger partial charge is 0.123 e. The Labute approximate surface area is 178 Å². The molecule has 1 nitrogen and oxygen atoms in total. The minimum absolute atomic E-state index is 0. The highest BCUT2D eigenvalue weighted by Crippen LogP contribution is 2.48. The van der Waals surface area contributed by atoms with E-state index in [0.29, 0.717) is 11.3 Å². The van der Waals surface area contributed by atoms with Crippen molar-refractivity contribution >= 4 is 18.0 Å². The summed E-state index contributed by atoms with van der Waals surface area (Å²) in [5.41, 5.74) is 4.49. The topological polar surface area (TPSA) is 3.24 Å². The van der Waals surface area contributed by atoms with Gasteiger partial charge in [0.2, 0.25) is 0 Å². The maximum absolute atomic E-state index is 14.2. The molecule has 1 aromatic rings. The Kier molecular flexibility index (Phi) is 7.78. The van der Waals surface area contributed by atoms with Gasteiger partial charge in [-0.05, 0) is 97.3 Å². The number of halogens is 2. The average Bonchev–Trinajstić information content (AvgIpc) is 2.57. The highest BCUT2D eigenvalue weighted by Gasteiger charge is 2.34. The second-order valence-electron chi connectivity index (χ2n) is 10.4. The number of benzene rings is 1. The molecular weight excluding hydrogens is 369 g/mol. The molecule has 1 aromatic carbocycles. The van der Waals surface area contributed by atoms with Gasteiger partial charge < -0.3 is 4.90 Å². The molecule has 3 heteroatoms. The molecule has 1 heterocycles. The molecule has 0 N–H and O–H groups in total. The molecule has 0 spiro atoms. The Morgan fingerprint density at radius 1 is 1.11 bits per heavy atom. The van der Waals surface area contributed by atoms with Crippen LogP contribution in [0.3, 0.4) is 0 Å². The highest BCUT2D eigenvalue weighted by molar-refractivity contribution is 5.85. The van der Waals surface area contributed by atoms with E-state index in [1.165, 1.54) is 42.5 Å². The third-order valence-electron chi connectivity index (χ3n) is 6.38. The van der Waals surface area contributed by atoms with E-state index in [4.69, 9.17) is 0 Å². The van der Waals surface area contributed by atoms with E-state index in [0.717, 1.165) is 32.4 Å². The first-order valence-corrected chi connectivity index (χ1v) is 10.9. The van der Waals surface area contributed by atoms with E-state index >= 15 is 0 Å². The van der Waals surface area contributed by atoms with Crippen molar-refractivity contribution in [3.05, 3.63) is 41.2 Å². The zero-order chi connectivity index (χ0) is 19.7. The molecule has 1 aliphatic heterocycles. The first-order chi connectivity index (χ1) is 12.7. The summed E-state index contributed by atoms with van der Waals surface area (Å²) in [6.07, 6.45) is 9.60. The molecule has 0 saturated carbocycles. The minimum atomic E-state index is -0.0860. The fourth-order valence-corrected chi connectivity index (χ4v) is 5.57. The number of nitrogens with zero attached hydrogens (tertiary/aromatic N) is 1. The molecule has 1 fully saturated rings. The van der Waals surface area contributed by atoms with E-state index < -0.39 is 0 Å². The summed E-state index contributed by atoms with van der Waals surface area (Å²) in [5, 5.41) is 0. The van der Waals surface area contributed by atoms with Gasteiger partial charge in [0.15, 0.2) is 0 Å². The lowest BCUT2D eigenvalue weighted by Gasteiger charge is -2.40. The summed E-state index contributed by atoms with van der Waals surface area (Å²) in [5.74, 6) is 0.403. The van der Waals surface area contributed by atoms with Gasteiger partial charge >= 0.3 is 0 Å². The van der Waals surface area contributed by atoms with Gasteiger partial charge in [-0.3, -0.25) is 0 Å². The van der Waals surface area contributed by atoms with Gasteiger partial charge in [-0.2, -0.15) is 0 Å². The lowest BCUT2D eigenvalue weighted by atomic mass is 9.65. The van der Waals surface area contributed by atoms with E-state index in [1.54, 1.807) is 6.07 Å². The van der Waals surface area contributed by atoms with Crippen LogP contribution in [0.25, 0.3) is 5.57 Å². The zero-order valence-electron chi connectivity index (χ0n) is 18.5. The van der Waals surface area contributed by atoms with Gasteiger partial charge in [0, 0.05) is 0 Å². The van der Waals surface area contributed by atoms with Crippen LogP contribution in [0.15, 0.2) is 24.3 Å². The normalized spacial score (nSPS) is 22.4. The van der Waals surface area contributed by atoms with Crippen molar-refractivity contribution in [2.45, 2.75) is 79.1 Å². The number of likely N-dealkylation sites (tertiary alicyclic amines) is 1. The molecule has 158 valence electrons. The maximum atomic E-state index is 14.2. The quantitative estimate of drug-likeness (QED) is 0.489. The SMILES string of the molecule is CCCCN1CCC(c2cc(F)ccc2C2=CC(C)(C)CC(C)(C)C2)CC1.Cl. The van der Waals surface area contributed by atoms with Gasteiger partial charge in [-0.1, -0.05) is 53.2 Å². The molecule has 28 heavy (non-hydrogen) atoms. The second-order valence-corrected chi connectivity index (χ2v) is 10.4. The van der Waals surface area contributed by atoms with Crippen molar-refractivity contribution in [2.24, 2.45) is 10.8 Å². The summed E-state index contributed by atoms with van der Waals surface area (Å²) in [6, 6.07) is 5.54. The van der Waals surface area contributed by atoms with Crippen molar-refractivity contribution in [1.29, 1.82) is 0 Å². The average molecular weight is 408 g/mol. The van der Waals surface area contributed by atoms with Crippen LogP contribution in [0.2, 0.25) is 0 Å². The molecule has 0 radical (unpaired) electrons. The summed E-state index contributed by atoms with van der Waals surface area (Å²) in [6.45, 7) is 15.2. The number of piperidine rings is 1. The van der Waals surface area contributed by atoms with Crippen LogP contribution < -0.4 is 0 Å². The van der Waals surface area contributed by atoms with Gasteiger partial charge in [0.25, 0.3) is 0 Å². The number of hydrogen-bond acceptors (Lipinski definition) is 1. The Bertz CT molecular complexity index is 684. The summed E-state index contributed by atoms with van der Waals surface area (Å²) < 4.78 is 14.2. The standard InChI is InChI=1S/C25H38FN.ClH/c1-6-7-12-27-13-10-19(11-14-27)23-15-21(26)8-9-22(23)20-16-24(2,3)18-25(4,5)17-20;/h8-9,15-16,19H,6-7,10-14,17-18H2,1-5H3;1H. The molecule has 0 unspecified atom stereocenters. The lowest BCUT2D eigenvalue weighted by Crippen LogP contribution is -2.34. The van der Waals surface area contributed by atoms with E-state index in [9.17, 15) is 4.39 Å². The molecule has 1 saturated heterocycles. The minimum Gasteiger partial charge on any atom is -0.303 e. The van der Waals surface area contributed by atoms with Crippen molar-refractivity contribution in [1.82, 2.24) is 4.90 Å². The number of rotatable bonds is 5. The molecule has 0 bridgehead atoms. The van der Waals surface area contributed by atoms with Crippen LogP contribution in [0.5, 0.6) is 0 Å². The van der Waals surface area contributed by atoms with Crippen LogP contribution in [-0.4, -0.2) is 24.5 Å². The van der Waals surface area contributed by atoms with Crippen LogP contribution in [0, 0.1) is 16.6 Å². The Morgan fingerprint density at radius 3 is 2.39 bits per heavy atom. The third-order valence-corrected chi connectivity index (χ3v) is 6.38. The van der Waals surface area contributed by atoms with E-state index in [-0.39, 0.29) is 23.6 Å². The number of unbranched alkanes of at least 4 members (excludes halogenated alkanes) is 1. The molecule has 0 aromatic heterocycles. The van der Waals surface area contributed by atoms with Crippen molar-refractivity contribution < 1.29 is 4.39 Å². The van der Waals surface area contributed by atoms with Crippen molar-refractivity contribution in [2.75, 3.05) is 19.6 Å². The first-order valence-electron chi connectivity index (χ1n) is 10.9. The first kappa shape index (κ1) is 23.4. The molecule has 1 aliphatic carbocycles. The van der Waals surface area contributed by atoms with Gasteiger partial charge in [-0.25, -0.2) is 4.39 Å². The Hall–Kier alpha value is -0.860. The second kappa shape index (κ2) is 9.30. The molecule has 0 atom stereocenters. The Morgan fingerprint density at radius 2 is 1.79 bits per heavy atom. The van der Waals surface area contributed by atoms with Crippen molar-refractivity contribution in [3.63, 3.8) is 0 Å². The lowest BCUT2D eigenvalue weighted by molar-refractivity contribution is 0.209. The van der Waals surface area contributed by atoms with Crippen LogP contribution in [0.1, 0.15) is 90.2 Å². The van der Waals surface area contributed by atoms with Gasteiger partial charge in [-0.15, -0.1) is 12.4 Å². The molecule has 0 amide bonds. The third kappa shape index (κ3) is 5.83. The number of allylic oxidation sites excluding steroid dienone is 2. The fraction of sp³-hybridized carbons (Fsp3) is 0.680. The summed E-state index contributed by atoms with van der Waals surface area (Å²) in [4.78, 5) is 2.59. The largest absolute Gasteiger partial charge is 0.303 e. The van der Waals surface area contributed by atoms with Crippen LogP contribution in [0.4, 0.5) is 4.39 Å².